The normalized spacial score (nSPS) is 12.9. The predicted molar refractivity (Wildman–Crippen MR) is 124 cm³/mol. The molecule has 0 radical (unpaired) electrons. The van der Waals surface area contributed by atoms with Crippen LogP contribution < -0.4 is 9.62 Å². The molecule has 0 aliphatic carbocycles. The van der Waals surface area contributed by atoms with Gasteiger partial charge in [-0.05, 0) is 42.7 Å². The number of hydrogen-bond acceptors (Lipinski definition) is 3. The Bertz CT molecular complexity index is 1030. The number of amides is 1. The van der Waals surface area contributed by atoms with Gasteiger partial charge in [-0.25, -0.2) is 8.42 Å². The van der Waals surface area contributed by atoms with Crippen LogP contribution in [0.2, 0.25) is 5.02 Å². The van der Waals surface area contributed by atoms with E-state index in [0.29, 0.717) is 16.9 Å². The zero-order valence-corrected chi connectivity index (χ0v) is 20.1. The van der Waals surface area contributed by atoms with Gasteiger partial charge in [0.15, 0.2) is 0 Å². The van der Waals surface area contributed by atoms with Gasteiger partial charge in [0.2, 0.25) is 5.91 Å². The highest BCUT2D eigenvalue weighted by molar-refractivity contribution is 7.92. The van der Waals surface area contributed by atoms with Crippen molar-refractivity contribution in [2.24, 2.45) is 5.92 Å². The topological polar surface area (TPSA) is 66.5 Å². The predicted octanol–water partition coefficient (Wildman–Crippen LogP) is 5.89. The lowest BCUT2D eigenvalue weighted by molar-refractivity contribution is -0.137. The summed E-state index contributed by atoms with van der Waals surface area (Å²) in [6, 6.07) is 9.57. The van der Waals surface area contributed by atoms with E-state index < -0.39 is 39.9 Å². The summed E-state index contributed by atoms with van der Waals surface area (Å²) in [7, 11) is -4.37. The Hall–Kier alpha value is -2.26. The van der Waals surface area contributed by atoms with E-state index >= 15 is 0 Å². The molecule has 5 nitrogen and oxygen atoms in total. The van der Waals surface area contributed by atoms with Crippen molar-refractivity contribution in [2.75, 3.05) is 17.4 Å². The second-order valence-electron chi connectivity index (χ2n) is 7.71. The molecule has 0 saturated carbocycles. The van der Waals surface area contributed by atoms with Gasteiger partial charge in [-0.3, -0.25) is 9.10 Å². The Morgan fingerprint density at radius 3 is 2.36 bits per heavy atom. The number of nitrogens with one attached hydrogen (secondary N) is 1. The van der Waals surface area contributed by atoms with E-state index in [1.807, 2.05) is 6.92 Å². The van der Waals surface area contributed by atoms with E-state index in [4.69, 9.17) is 11.6 Å². The first-order chi connectivity index (χ1) is 15.5. The molecule has 0 aliphatic heterocycles. The summed E-state index contributed by atoms with van der Waals surface area (Å²) in [5.41, 5.74) is -1.48. The fourth-order valence-corrected chi connectivity index (χ4v) is 5.01. The molecule has 0 unspecified atom stereocenters. The molecular weight excluding hydrogens is 477 g/mol. The number of rotatable bonds is 11. The second kappa shape index (κ2) is 11.7. The van der Waals surface area contributed by atoms with Crippen molar-refractivity contribution < 1.29 is 26.4 Å². The Balaban J connectivity index is 2.40. The third-order valence-electron chi connectivity index (χ3n) is 5.29. The summed E-state index contributed by atoms with van der Waals surface area (Å²) >= 11 is 6.12. The van der Waals surface area contributed by atoms with Crippen molar-refractivity contribution in [1.82, 2.24) is 5.32 Å². The first-order valence-corrected chi connectivity index (χ1v) is 12.5. The Labute approximate surface area is 198 Å². The Morgan fingerprint density at radius 1 is 1.12 bits per heavy atom. The first kappa shape index (κ1) is 27.0. The molecule has 0 fully saturated rings. The molecule has 0 aliphatic rings. The quantitative estimate of drug-likeness (QED) is 0.415. The third-order valence-corrected chi connectivity index (χ3v) is 7.39. The van der Waals surface area contributed by atoms with E-state index in [2.05, 4.69) is 12.2 Å². The fourth-order valence-electron chi connectivity index (χ4n) is 3.29. The lowest BCUT2D eigenvalue weighted by Gasteiger charge is -2.26. The molecule has 0 aromatic heterocycles. The number of carbonyl (C=O) groups excluding carboxylic acids is 1. The maximum Gasteiger partial charge on any atom is 0.416 e. The molecule has 2 aromatic rings. The van der Waals surface area contributed by atoms with E-state index in [0.717, 1.165) is 37.8 Å². The van der Waals surface area contributed by atoms with Gasteiger partial charge in [0, 0.05) is 6.54 Å². The molecule has 1 atom stereocenters. The molecule has 2 aromatic carbocycles. The van der Waals surface area contributed by atoms with Gasteiger partial charge in [0.1, 0.15) is 6.54 Å². The maximum absolute atomic E-state index is 13.3. The summed E-state index contributed by atoms with van der Waals surface area (Å²) in [5.74, 6) is -0.400. The first-order valence-electron chi connectivity index (χ1n) is 10.7. The molecule has 1 amide bonds. The van der Waals surface area contributed by atoms with Gasteiger partial charge < -0.3 is 5.32 Å². The lowest BCUT2D eigenvalue weighted by atomic mass is 9.99. The number of sulfonamides is 1. The maximum atomic E-state index is 13.3. The zero-order chi connectivity index (χ0) is 24.6. The van der Waals surface area contributed by atoms with Crippen LogP contribution in [0.4, 0.5) is 18.9 Å². The van der Waals surface area contributed by atoms with E-state index in [1.54, 1.807) is 6.07 Å². The standard InChI is InChI=1S/C23H28ClF3N2O3S/c1-3-5-9-17(4-2)15-28-22(30)16-29(33(31,32)19-10-7-6-8-11-19)21-14-18(23(25,26)27)12-13-20(21)24/h6-8,10-14,17H,3-5,9,15-16H2,1-2H3,(H,28,30)/t17-/m1/s1. The average molecular weight is 505 g/mol. The molecule has 0 saturated heterocycles. The highest BCUT2D eigenvalue weighted by atomic mass is 35.5. The summed E-state index contributed by atoms with van der Waals surface area (Å²) < 4.78 is 67.2. The van der Waals surface area contributed by atoms with Crippen molar-refractivity contribution in [3.05, 3.63) is 59.1 Å². The number of benzene rings is 2. The molecule has 1 N–H and O–H groups in total. The molecule has 10 heteroatoms. The van der Waals surface area contributed by atoms with E-state index in [9.17, 15) is 26.4 Å². The van der Waals surface area contributed by atoms with Crippen LogP contribution in [0, 0.1) is 5.92 Å². The van der Waals surface area contributed by atoms with Crippen LogP contribution in [0.15, 0.2) is 53.4 Å². The van der Waals surface area contributed by atoms with Gasteiger partial charge in [0.25, 0.3) is 10.0 Å². The van der Waals surface area contributed by atoms with Crippen LogP contribution in [0.3, 0.4) is 0 Å². The van der Waals surface area contributed by atoms with Crippen LogP contribution >= 0.6 is 11.6 Å². The van der Waals surface area contributed by atoms with Gasteiger partial charge in [-0.2, -0.15) is 13.2 Å². The second-order valence-corrected chi connectivity index (χ2v) is 9.98. The van der Waals surface area contributed by atoms with Gasteiger partial charge in [-0.15, -0.1) is 0 Å². The summed E-state index contributed by atoms with van der Waals surface area (Å²) in [5, 5.41) is 2.50. The molecule has 2 rings (SSSR count). The number of alkyl halides is 3. The van der Waals surface area contributed by atoms with Crippen LogP contribution in [-0.4, -0.2) is 27.4 Å². The molecular formula is C23H28ClF3N2O3S. The minimum atomic E-state index is -4.71. The fraction of sp³-hybridized carbons (Fsp3) is 0.435. The van der Waals surface area contributed by atoms with E-state index in [1.165, 1.54) is 24.3 Å². The largest absolute Gasteiger partial charge is 0.416 e. The zero-order valence-electron chi connectivity index (χ0n) is 18.5. The minimum Gasteiger partial charge on any atom is -0.354 e. The Kier molecular flexibility index (Phi) is 9.60. The third kappa shape index (κ3) is 7.37. The molecule has 0 heterocycles. The number of anilines is 1. The Morgan fingerprint density at radius 2 is 1.79 bits per heavy atom. The van der Waals surface area contributed by atoms with Crippen LogP contribution in [0.5, 0.6) is 0 Å². The number of unbranched alkanes of at least 4 members (excludes halogenated alkanes) is 1. The van der Waals surface area contributed by atoms with Crippen molar-refractivity contribution >= 4 is 33.2 Å². The van der Waals surface area contributed by atoms with Crippen molar-refractivity contribution in [3.63, 3.8) is 0 Å². The number of hydrogen-bond donors (Lipinski definition) is 1. The summed E-state index contributed by atoms with van der Waals surface area (Å²) in [6.45, 7) is 3.71. The van der Waals surface area contributed by atoms with Crippen molar-refractivity contribution in [2.45, 2.75) is 50.6 Å². The molecule has 0 spiro atoms. The number of nitrogens with zero attached hydrogens (tertiary/aromatic N) is 1. The highest BCUT2D eigenvalue weighted by Gasteiger charge is 2.34. The monoisotopic (exact) mass is 504 g/mol. The smallest absolute Gasteiger partial charge is 0.354 e. The number of halogens is 4. The summed E-state index contributed by atoms with van der Waals surface area (Å²) in [6.07, 6.45) is -0.938. The van der Waals surface area contributed by atoms with E-state index in [-0.39, 0.29) is 15.8 Å². The van der Waals surface area contributed by atoms with Crippen LogP contribution in [-0.2, 0) is 21.0 Å². The van der Waals surface area contributed by atoms with Crippen molar-refractivity contribution in [1.29, 1.82) is 0 Å². The number of carbonyl (C=O) groups is 1. The molecule has 0 bridgehead atoms. The lowest BCUT2D eigenvalue weighted by Crippen LogP contribution is -2.42. The minimum absolute atomic E-state index is 0.166. The van der Waals surface area contributed by atoms with Gasteiger partial charge in [-0.1, -0.05) is 62.9 Å². The van der Waals surface area contributed by atoms with Gasteiger partial charge >= 0.3 is 6.18 Å². The van der Waals surface area contributed by atoms with Crippen LogP contribution in [0.25, 0.3) is 0 Å². The molecule has 33 heavy (non-hydrogen) atoms. The molecule has 182 valence electrons. The average Bonchev–Trinajstić information content (AvgIpc) is 2.78. The van der Waals surface area contributed by atoms with Crippen LogP contribution in [0.1, 0.15) is 45.1 Å². The van der Waals surface area contributed by atoms with Crippen molar-refractivity contribution in [3.8, 4) is 0 Å². The summed E-state index contributed by atoms with van der Waals surface area (Å²) in [4.78, 5) is 12.5. The van der Waals surface area contributed by atoms with Gasteiger partial charge in [0.05, 0.1) is 21.2 Å². The highest BCUT2D eigenvalue weighted by Crippen LogP contribution is 2.37. The SMILES string of the molecule is CCCC[C@@H](CC)CNC(=O)CN(c1cc(C(F)(F)F)ccc1Cl)S(=O)(=O)c1ccccc1.